The highest BCUT2D eigenvalue weighted by Gasteiger charge is 2.38. The molecule has 0 radical (unpaired) electrons. The summed E-state index contributed by atoms with van der Waals surface area (Å²) in [6.45, 7) is 3.50. The molecule has 0 heterocycles. The first kappa shape index (κ1) is 13.4. The number of hydrogen-bond acceptors (Lipinski definition) is 2. The Bertz CT molecular complexity index is 402. The first-order chi connectivity index (χ1) is 8.52. The molecular formula is C16H25NO. The Kier molecular flexibility index (Phi) is 3.96. The molecule has 1 aliphatic rings. The molecule has 0 saturated heterocycles. The van der Waals surface area contributed by atoms with E-state index in [0.717, 1.165) is 6.54 Å². The first-order valence-electron chi connectivity index (χ1n) is 6.96. The van der Waals surface area contributed by atoms with Crippen LogP contribution in [0, 0.1) is 5.92 Å². The molecule has 2 rings (SSSR count). The summed E-state index contributed by atoms with van der Waals surface area (Å²) in [7, 11) is 4.30. The fourth-order valence-electron chi connectivity index (χ4n) is 3.38. The van der Waals surface area contributed by atoms with Crippen molar-refractivity contribution in [2.24, 2.45) is 5.92 Å². The van der Waals surface area contributed by atoms with Gasteiger partial charge in [0.05, 0.1) is 0 Å². The molecule has 18 heavy (non-hydrogen) atoms. The highest BCUT2D eigenvalue weighted by atomic mass is 16.3. The molecule has 0 spiro atoms. The van der Waals surface area contributed by atoms with Gasteiger partial charge in [-0.1, -0.05) is 31.9 Å². The van der Waals surface area contributed by atoms with Gasteiger partial charge in [-0.25, -0.2) is 0 Å². The van der Waals surface area contributed by atoms with Crippen LogP contribution in [-0.4, -0.2) is 30.6 Å². The molecule has 2 nitrogen and oxygen atoms in total. The number of hydrogen-bond donors (Lipinski definition) is 1. The Morgan fingerprint density at radius 3 is 2.78 bits per heavy atom. The summed E-state index contributed by atoms with van der Waals surface area (Å²) in [5.74, 6) is 1.07. The van der Waals surface area contributed by atoms with Crippen LogP contribution in [0.4, 0.5) is 0 Å². The van der Waals surface area contributed by atoms with Crippen LogP contribution in [0.15, 0.2) is 24.3 Å². The number of aromatic hydroxyl groups is 1. The molecule has 0 aromatic heterocycles. The van der Waals surface area contributed by atoms with Crippen molar-refractivity contribution >= 4 is 0 Å². The zero-order valence-electron chi connectivity index (χ0n) is 11.8. The molecule has 1 fully saturated rings. The van der Waals surface area contributed by atoms with Gasteiger partial charge in [-0.05, 0) is 56.0 Å². The highest BCUT2D eigenvalue weighted by molar-refractivity contribution is 5.33. The zero-order valence-corrected chi connectivity index (χ0v) is 11.8. The van der Waals surface area contributed by atoms with Crippen molar-refractivity contribution in [2.45, 2.75) is 38.0 Å². The zero-order chi connectivity index (χ0) is 13.2. The third kappa shape index (κ3) is 2.69. The molecule has 0 amide bonds. The van der Waals surface area contributed by atoms with Gasteiger partial charge in [-0.15, -0.1) is 0 Å². The largest absolute Gasteiger partial charge is 0.508 e. The maximum atomic E-state index is 9.72. The summed E-state index contributed by atoms with van der Waals surface area (Å²) in [5.41, 5.74) is 1.51. The summed E-state index contributed by atoms with van der Waals surface area (Å²) in [5, 5.41) is 9.72. The van der Waals surface area contributed by atoms with Crippen molar-refractivity contribution in [1.82, 2.24) is 4.90 Å². The van der Waals surface area contributed by atoms with E-state index in [1.165, 1.54) is 31.2 Å². The highest BCUT2D eigenvalue weighted by Crippen LogP contribution is 2.44. The van der Waals surface area contributed by atoms with Gasteiger partial charge < -0.3 is 10.0 Å². The Hall–Kier alpha value is -1.02. The molecule has 0 bridgehead atoms. The van der Waals surface area contributed by atoms with Gasteiger partial charge >= 0.3 is 0 Å². The van der Waals surface area contributed by atoms with Gasteiger partial charge in [-0.3, -0.25) is 0 Å². The lowest BCUT2D eigenvalue weighted by Gasteiger charge is -2.43. The van der Waals surface area contributed by atoms with Gasteiger partial charge in [0.15, 0.2) is 0 Å². The third-order valence-corrected chi connectivity index (χ3v) is 4.49. The molecule has 0 aliphatic heterocycles. The average molecular weight is 247 g/mol. The van der Waals surface area contributed by atoms with Gasteiger partial charge in [0, 0.05) is 6.54 Å². The van der Waals surface area contributed by atoms with Crippen LogP contribution in [0.1, 0.15) is 38.2 Å². The number of phenols is 1. The minimum Gasteiger partial charge on any atom is -0.508 e. The van der Waals surface area contributed by atoms with Crippen LogP contribution >= 0.6 is 0 Å². The van der Waals surface area contributed by atoms with Gasteiger partial charge in [0.1, 0.15) is 5.75 Å². The predicted molar refractivity (Wildman–Crippen MR) is 76.0 cm³/mol. The van der Waals surface area contributed by atoms with E-state index in [1.807, 2.05) is 12.1 Å². The lowest BCUT2D eigenvalue weighted by molar-refractivity contribution is 0.160. The Morgan fingerprint density at radius 1 is 1.33 bits per heavy atom. The van der Waals surface area contributed by atoms with E-state index in [2.05, 4.69) is 32.0 Å². The van der Waals surface area contributed by atoms with Crippen LogP contribution in [-0.2, 0) is 5.41 Å². The van der Waals surface area contributed by atoms with Crippen LogP contribution in [0.2, 0.25) is 0 Å². The molecule has 2 atom stereocenters. The molecule has 1 aromatic rings. The van der Waals surface area contributed by atoms with E-state index in [-0.39, 0.29) is 5.41 Å². The van der Waals surface area contributed by atoms with Crippen molar-refractivity contribution in [2.75, 3.05) is 20.6 Å². The minimum absolute atomic E-state index is 0.210. The van der Waals surface area contributed by atoms with E-state index in [1.54, 1.807) is 6.07 Å². The van der Waals surface area contributed by atoms with Crippen molar-refractivity contribution < 1.29 is 5.11 Å². The van der Waals surface area contributed by atoms with Crippen LogP contribution in [0.3, 0.4) is 0 Å². The monoisotopic (exact) mass is 247 g/mol. The first-order valence-corrected chi connectivity index (χ1v) is 6.96. The lowest BCUT2D eigenvalue weighted by atomic mass is 9.63. The van der Waals surface area contributed by atoms with E-state index in [0.29, 0.717) is 11.7 Å². The second-order valence-corrected chi connectivity index (χ2v) is 6.17. The minimum atomic E-state index is 0.210. The van der Waals surface area contributed by atoms with Crippen LogP contribution in [0.25, 0.3) is 0 Å². The molecule has 1 aromatic carbocycles. The van der Waals surface area contributed by atoms with E-state index in [9.17, 15) is 5.11 Å². The standard InChI is InChI=1S/C16H25NO/c1-16(13-8-6-9-15(18)11-13)10-5-4-7-14(16)12-17(2)3/h6,8-9,11,14,18H,4-5,7,10,12H2,1-3H3/t14-,16-/m1/s1. The Balaban J connectivity index is 2.29. The maximum Gasteiger partial charge on any atom is 0.115 e. The average Bonchev–Trinajstić information content (AvgIpc) is 2.32. The second kappa shape index (κ2) is 5.31. The number of nitrogens with zero attached hydrogens (tertiary/aromatic N) is 1. The normalized spacial score (nSPS) is 28.6. The summed E-state index contributed by atoms with van der Waals surface area (Å²) >= 11 is 0. The van der Waals surface area contributed by atoms with Gasteiger partial charge in [0.2, 0.25) is 0 Å². The second-order valence-electron chi connectivity index (χ2n) is 6.17. The summed E-state index contributed by atoms with van der Waals surface area (Å²) in [4.78, 5) is 2.29. The smallest absolute Gasteiger partial charge is 0.115 e. The molecule has 100 valence electrons. The SMILES string of the molecule is CN(C)C[C@H]1CCCC[C@]1(C)c1cccc(O)c1. The van der Waals surface area contributed by atoms with Crippen LogP contribution < -0.4 is 0 Å². The van der Waals surface area contributed by atoms with E-state index >= 15 is 0 Å². The van der Waals surface area contributed by atoms with Crippen LogP contribution in [0.5, 0.6) is 5.75 Å². The molecular weight excluding hydrogens is 222 g/mol. The predicted octanol–water partition coefficient (Wildman–Crippen LogP) is 3.40. The van der Waals surface area contributed by atoms with Gasteiger partial charge in [0.25, 0.3) is 0 Å². The number of benzene rings is 1. The van der Waals surface area contributed by atoms with Crippen molar-refractivity contribution in [1.29, 1.82) is 0 Å². The lowest BCUT2D eigenvalue weighted by Crippen LogP contribution is -2.40. The van der Waals surface area contributed by atoms with Crippen molar-refractivity contribution in [3.8, 4) is 5.75 Å². The Morgan fingerprint density at radius 2 is 2.11 bits per heavy atom. The molecule has 0 unspecified atom stereocenters. The topological polar surface area (TPSA) is 23.5 Å². The van der Waals surface area contributed by atoms with Crippen molar-refractivity contribution in [3.05, 3.63) is 29.8 Å². The van der Waals surface area contributed by atoms with Crippen molar-refractivity contribution in [3.63, 3.8) is 0 Å². The quantitative estimate of drug-likeness (QED) is 0.885. The fourth-order valence-corrected chi connectivity index (χ4v) is 3.38. The number of phenolic OH excluding ortho intramolecular Hbond substituents is 1. The van der Waals surface area contributed by atoms with Gasteiger partial charge in [-0.2, -0.15) is 0 Å². The fraction of sp³-hybridized carbons (Fsp3) is 0.625. The summed E-state index contributed by atoms with van der Waals surface area (Å²) in [6, 6.07) is 7.86. The maximum absolute atomic E-state index is 9.72. The summed E-state index contributed by atoms with van der Waals surface area (Å²) < 4.78 is 0. The third-order valence-electron chi connectivity index (χ3n) is 4.49. The molecule has 2 heteroatoms. The molecule has 1 aliphatic carbocycles. The Labute approximate surface area is 111 Å². The molecule has 1 saturated carbocycles. The molecule has 1 N–H and O–H groups in total. The number of rotatable bonds is 3. The van der Waals surface area contributed by atoms with E-state index < -0.39 is 0 Å². The van der Waals surface area contributed by atoms with E-state index in [4.69, 9.17) is 0 Å². The summed E-state index contributed by atoms with van der Waals surface area (Å²) in [6.07, 6.45) is 5.17.